The van der Waals surface area contributed by atoms with Gasteiger partial charge in [-0.05, 0) is 55.5 Å². The molecule has 1 saturated heterocycles. The number of benzene rings is 1. The van der Waals surface area contributed by atoms with Crippen LogP contribution in [0.25, 0.3) is 0 Å². The normalized spacial score (nSPS) is 22.6. The van der Waals surface area contributed by atoms with Crippen molar-refractivity contribution in [1.29, 1.82) is 0 Å². The zero-order chi connectivity index (χ0) is 13.1. The molecular weight excluding hydrogens is 240 g/mol. The Labute approximate surface area is 113 Å². The molecular formula is C15H20N2O2. The third-order valence-corrected chi connectivity index (χ3v) is 3.83. The van der Waals surface area contributed by atoms with Gasteiger partial charge >= 0.3 is 0 Å². The smallest absolute Gasteiger partial charge is 0.253 e. The van der Waals surface area contributed by atoms with E-state index in [0.717, 1.165) is 44.5 Å². The zero-order valence-corrected chi connectivity index (χ0v) is 11.1. The molecule has 1 aromatic carbocycles. The number of anilines is 1. The molecule has 102 valence electrons. The van der Waals surface area contributed by atoms with E-state index >= 15 is 0 Å². The fourth-order valence-corrected chi connectivity index (χ4v) is 2.73. The van der Waals surface area contributed by atoms with Gasteiger partial charge in [-0.1, -0.05) is 6.07 Å². The lowest BCUT2D eigenvalue weighted by atomic mass is 10.0. The lowest BCUT2D eigenvalue weighted by Gasteiger charge is -2.22. The van der Waals surface area contributed by atoms with Crippen molar-refractivity contribution in [3.8, 4) is 0 Å². The summed E-state index contributed by atoms with van der Waals surface area (Å²) in [6.45, 7) is 2.62. The van der Waals surface area contributed by atoms with Crippen molar-refractivity contribution in [2.75, 3.05) is 18.5 Å². The van der Waals surface area contributed by atoms with Crippen molar-refractivity contribution in [2.45, 2.75) is 38.3 Å². The lowest BCUT2D eigenvalue weighted by Crippen LogP contribution is -2.33. The summed E-state index contributed by atoms with van der Waals surface area (Å²) < 4.78 is 5.50. The summed E-state index contributed by atoms with van der Waals surface area (Å²) in [6, 6.07) is 6.18. The molecule has 0 radical (unpaired) electrons. The summed E-state index contributed by atoms with van der Waals surface area (Å²) in [5, 5.41) is 6.32. The number of fused-ring (bicyclic) bond motifs is 1. The number of carbonyl (C=O) groups is 1. The van der Waals surface area contributed by atoms with Gasteiger partial charge in [0.2, 0.25) is 0 Å². The van der Waals surface area contributed by atoms with Crippen LogP contribution >= 0.6 is 0 Å². The summed E-state index contributed by atoms with van der Waals surface area (Å²) in [4.78, 5) is 12.1. The van der Waals surface area contributed by atoms with Crippen molar-refractivity contribution in [3.63, 3.8) is 0 Å². The third kappa shape index (κ3) is 2.96. The molecule has 1 atom stereocenters. The van der Waals surface area contributed by atoms with E-state index in [-0.39, 0.29) is 12.0 Å². The zero-order valence-electron chi connectivity index (χ0n) is 11.1. The Kier molecular flexibility index (Phi) is 3.80. The second-order valence-corrected chi connectivity index (χ2v) is 5.25. The van der Waals surface area contributed by atoms with Gasteiger partial charge < -0.3 is 15.4 Å². The summed E-state index contributed by atoms with van der Waals surface area (Å²) in [5.41, 5.74) is 3.54. The Morgan fingerprint density at radius 3 is 3.11 bits per heavy atom. The molecule has 2 heterocycles. The van der Waals surface area contributed by atoms with E-state index in [1.54, 1.807) is 0 Å². The predicted molar refractivity (Wildman–Crippen MR) is 74.1 cm³/mol. The molecule has 1 amide bonds. The summed E-state index contributed by atoms with van der Waals surface area (Å²) in [6.07, 6.45) is 3.76. The van der Waals surface area contributed by atoms with Gasteiger partial charge in [0.15, 0.2) is 0 Å². The third-order valence-electron chi connectivity index (χ3n) is 3.83. The SMILES string of the molecule is O=C(Nc1ccc2c(c1)CNCC2)C1CCCCO1. The van der Waals surface area contributed by atoms with Gasteiger partial charge in [-0.3, -0.25) is 4.79 Å². The molecule has 1 fully saturated rings. The van der Waals surface area contributed by atoms with E-state index in [4.69, 9.17) is 4.74 Å². The van der Waals surface area contributed by atoms with E-state index in [1.807, 2.05) is 6.07 Å². The fourth-order valence-electron chi connectivity index (χ4n) is 2.73. The van der Waals surface area contributed by atoms with Gasteiger partial charge in [0.05, 0.1) is 0 Å². The first-order valence-electron chi connectivity index (χ1n) is 7.08. The van der Waals surface area contributed by atoms with Crippen molar-refractivity contribution in [3.05, 3.63) is 29.3 Å². The highest BCUT2D eigenvalue weighted by molar-refractivity contribution is 5.94. The Morgan fingerprint density at radius 2 is 2.26 bits per heavy atom. The van der Waals surface area contributed by atoms with Crippen LogP contribution in [-0.4, -0.2) is 25.2 Å². The molecule has 0 aromatic heterocycles. The van der Waals surface area contributed by atoms with E-state index in [1.165, 1.54) is 11.1 Å². The van der Waals surface area contributed by atoms with Crippen molar-refractivity contribution in [2.24, 2.45) is 0 Å². The monoisotopic (exact) mass is 260 g/mol. The first-order valence-corrected chi connectivity index (χ1v) is 7.08. The Hall–Kier alpha value is -1.39. The summed E-state index contributed by atoms with van der Waals surface area (Å²) in [5.74, 6) is -0.0107. The molecule has 4 nitrogen and oxygen atoms in total. The molecule has 2 N–H and O–H groups in total. The number of amides is 1. The first-order chi connectivity index (χ1) is 9.33. The second-order valence-electron chi connectivity index (χ2n) is 5.25. The van der Waals surface area contributed by atoms with Gasteiger partial charge in [0.1, 0.15) is 6.10 Å². The maximum atomic E-state index is 12.1. The van der Waals surface area contributed by atoms with Crippen LogP contribution in [0, 0.1) is 0 Å². The van der Waals surface area contributed by atoms with Crippen molar-refractivity contribution in [1.82, 2.24) is 5.32 Å². The average molecular weight is 260 g/mol. The van der Waals surface area contributed by atoms with Crippen LogP contribution in [0.1, 0.15) is 30.4 Å². The number of nitrogens with one attached hydrogen (secondary N) is 2. The van der Waals surface area contributed by atoms with Crippen LogP contribution in [0.2, 0.25) is 0 Å². The van der Waals surface area contributed by atoms with Crippen LogP contribution in [0.15, 0.2) is 18.2 Å². The molecule has 1 unspecified atom stereocenters. The topological polar surface area (TPSA) is 50.4 Å². The van der Waals surface area contributed by atoms with Gasteiger partial charge in [0.25, 0.3) is 5.91 Å². The van der Waals surface area contributed by atoms with E-state index in [0.29, 0.717) is 6.61 Å². The number of carbonyl (C=O) groups excluding carboxylic acids is 1. The van der Waals surface area contributed by atoms with Crippen molar-refractivity contribution >= 4 is 11.6 Å². The van der Waals surface area contributed by atoms with Gasteiger partial charge in [-0.15, -0.1) is 0 Å². The molecule has 2 aliphatic rings. The maximum absolute atomic E-state index is 12.1. The summed E-state index contributed by atoms with van der Waals surface area (Å²) >= 11 is 0. The molecule has 3 rings (SSSR count). The standard InChI is InChI=1S/C15H20N2O2/c18-15(14-3-1-2-8-19-14)17-13-5-4-11-6-7-16-10-12(11)9-13/h4-5,9,14,16H,1-3,6-8,10H2,(H,17,18). The summed E-state index contributed by atoms with van der Waals surface area (Å²) in [7, 11) is 0. The lowest BCUT2D eigenvalue weighted by molar-refractivity contribution is -0.129. The van der Waals surface area contributed by atoms with E-state index in [9.17, 15) is 4.79 Å². The van der Waals surface area contributed by atoms with Crippen LogP contribution in [0.4, 0.5) is 5.69 Å². The van der Waals surface area contributed by atoms with Crippen LogP contribution < -0.4 is 10.6 Å². The van der Waals surface area contributed by atoms with Crippen LogP contribution in [0.3, 0.4) is 0 Å². The van der Waals surface area contributed by atoms with Gasteiger partial charge in [0, 0.05) is 18.8 Å². The minimum absolute atomic E-state index is 0.0107. The molecule has 4 heteroatoms. The minimum atomic E-state index is -0.275. The Morgan fingerprint density at radius 1 is 1.32 bits per heavy atom. The number of hydrogen-bond donors (Lipinski definition) is 2. The van der Waals surface area contributed by atoms with E-state index in [2.05, 4.69) is 22.8 Å². The highest BCUT2D eigenvalue weighted by Crippen LogP contribution is 2.20. The molecule has 0 saturated carbocycles. The minimum Gasteiger partial charge on any atom is -0.368 e. The van der Waals surface area contributed by atoms with Gasteiger partial charge in [-0.25, -0.2) is 0 Å². The van der Waals surface area contributed by atoms with Gasteiger partial charge in [-0.2, -0.15) is 0 Å². The highest BCUT2D eigenvalue weighted by Gasteiger charge is 2.22. The Balaban J connectivity index is 1.67. The fraction of sp³-hybridized carbons (Fsp3) is 0.533. The number of rotatable bonds is 2. The second kappa shape index (κ2) is 5.72. The van der Waals surface area contributed by atoms with Crippen LogP contribution in [-0.2, 0) is 22.5 Å². The average Bonchev–Trinajstić information content (AvgIpc) is 2.48. The quantitative estimate of drug-likeness (QED) is 0.853. The largest absolute Gasteiger partial charge is 0.368 e. The molecule has 2 aliphatic heterocycles. The molecule has 1 aromatic rings. The number of ether oxygens (including phenoxy) is 1. The molecule has 0 bridgehead atoms. The first kappa shape index (κ1) is 12.6. The number of hydrogen-bond acceptors (Lipinski definition) is 3. The molecule has 19 heavy (non-hydrogen) atoms. The van der Waals surface area contributed by atoms with Crippen molar-refractivity contribution < 1.29 is 9.53 Å². The van der Waals surface area contributed by atoms with Crippen LogP contribution in [0.5, 0.6) is 0 Å². The molecule has 0 spiro atoms. The highest BCUT2D eigenvalue weighted by atomic mass is 16.5. The Bertz CT molecular complexity index is 467. The van der Waals surface area contributed by atoms with E-state index < -0.39 is 0 Å². The maximum Gasteiger partial charge on any atom is 0.253 e. The predicted octanol–water partition coefficient (Wildman–Crippen LogP) is 1.84. The molecule has 0 aliphatic carbocycles.